The van der Waals surface area contributed by atoms with Crippen LogP contribution in [0.25, 0.3) is 11.1 Å². The zero-order chi connectivity index (χ0) is 21.5. The molecule has 1 aliphatic rings. The lowest BCUT2D eigenvalue weighted by Crippen LogP contribution is -2.26. The van der Waals surface area contributed by atoms with Gasteiger partial charge in [-0.1, -0.05) is 73.4 Å². The molecule has 4 rings (SSSR count). The lowest BCUT2D eigenvalue weighted by Gasteiger charge is -2.14. The van der Waals surface area contributed by atoms with E-state index in [2.05, 4.69) is 60.5 Å². The van der Waals surface area contributed by atoms with E-state index in [1.807, 2.05) is 36.4 Å². The highest BCUT2D eigenvalue weighted by molar-refractivity contribution is 7.99. The average molecular weight is 428 g/mol. The molecule has 0 radical (unpaired) electrons. The standard InChI is InChI=1S/C27H25NO2S/c1-2-31-21-12-9-11-20(18-21)10-7-8-17-28-27(29)30-19-26-24-15-5-3-13-22(24)23-14-4-6-16-25(23)26/h3-6,9,11-16,18,26H,2,8,17,19H2,1H3,(H,28,29). The second-order valence-corrected chi connectivity index (χ2v) is 8.60. The second-order valence-electron chi connectivity index (χ2n) is 7.26. The summed E-state index contributed by atoms with van der Waals surface area (Å²) in [6.45, 7) is 2.93. The topological polar surface area (TPSA) is 38.3 Å². The molecular formula is C27H25NO2S. The van der Waals surface area contributed by atoms with Crippen molar-refractivity contribution in [3.8, 4) is 23.0 Å². The zero-order valence-corrected chi connectivity index (χ0v) is 18.4. The molecule has 0 aliphatic heterocycles. The molecule has 1 amide bonds. The van der Waals surface area contributed by atoms with E-state index in [-0.39, 0.29) is 5.92 Å². The molecule has 0 bridgehead atoms. The number of alkyl carbamates (subject to hydrolysis) is 1. The first kappa shape index (κ1) is 21.1. The number of benzene rings is 3. The van der Waals surface area contributed by atoms with Crippen molar-refractivity contribution >= 4 is 17.9 Å². The van der Waals surface area contributed by atoms with Crippen LogP contribution in [0.4, 0.5) is 4.79 Å². The summed E-state index contributed by atoms with van der Waals surface area (Å²) in [4.78, 5) is 13.4. The Hall–Kier alpha value is -3.16. The highest BCUT2D eigenvalue weighted by Gasteiger charge is 2.28. The van der Waals surface area contributed by atoms with E-state index in [4.69, 9.17) is 4.74 Å². The Bertz CT molecular complexity index is 1080. The molecule has 0 heterocycles. The van der Waals surface area contributed by atoms with Crippen molar-refractivity contribution in [1.82, 2.24) is 5.32 Å². The first-order chi connectivity index (χ1) is 15.3. The fourth-order valence-corrected chi connectivity index (χ4v) is 4.59. The summed E-state index contributed by atoms with van der Waals surface area (Å²) in [7, 11) is 0. The minimum absolute atomic E-state index is 0.0752. The summed E-state index contributed by atoms with van der Waals surface area (Å²) < 4.78 is 5.55. The molecule has 0 saturated carbocycles. The summed E-state index contributed by atoms with van der Waals surface area (Å²) in [6.07, 6.45) is 0.181. The first-order valence-electron chi connectivity index (χ1n) is 10.6. The van der Waals surface area contributed by atoms with Crippen LogP contribution < -0.4 is 5.32 Å². The first-order valence-corrected chi connectivity index (χ1v) is 11.6. The molecule has 156 valence electrons. The Balaban J connectivity index is 1.27. The van der Waals surface area contributed by atoms with E-state index in [0.29, 0.717) is 19.6 Å². The quantitative estimate of drug-likeness (QED) is 0.294. The van der Waals surface area contributed by atoms with Gasteiger partial charge in [0.2, 0.25) is 0 Å². The molecule has 3 aromatic rings. The number of hydrogen-bond donors (Lipinski definition) is 1. The van der Waals surface area contributed by atoms with Crippen LogP contribution in [0.2, 0.25) is 0 Å². The molecule has 1 aliphatic carbocycles. The highest BCUT2D eigenvalue weighted by atomic mass is 32.2. The van der Waals surface area contributed by atoms with Gasteiger partial charge in [0, 0.05) is 29.3 Å². The number of hydrogen-bond acceptors (Lipinski definition) is 3. The van der Waals surface area contributed by atoms with Gasteiger partial charge in [-0.2, -0.15) is 0 Å². The molecule has 0 fully saturated rings. The zero-order valence-electron chi connectivity index (χ0n) is 17.6. The lowest BCUT2D eigenvalue weighted by atomic mass is 9.98. The number of rotatable bonds is 6. The number of nitrogens with one attached hydrogen (secondary N) is 1. The molecule has 3 nitrogen and oxygen atoms in total. The van der Waals surface area contributed by atoms with Gasteiger partial charge in [-0.25, -0.2) is 4.79 Å². The van der Waals surface area contributed by atoms with E-state index in [1.54, 1.807) is 11.8 Å². The lowest BCUT2D eigenvalue weighted by molar-refractivity contribution is 0.143. The fraction of sp³-hybridized carbons (Fsp3) is 0.222. The van der Waals surface area contributed by atoms with E-state index >= 15 is 0 Å². The maximum absolute atomic E-state index is 12.2. The van der Waals surface area contributed by atoms with Gasteiger partial charge in [-0.05, 0) is 46.2 Å². The SMILES string of the molecule is CCSc1cccc(C#CCCNC(=O)OCC2c3ccccc3-c3ccccc32)c1. The van der Waals surface area contributed by atoms with Crippen LogP contribution in [-0.4, -0.2) is 25.0 Å². The van der Waals surface area contributed by atoms with Crippen molar-refractivity contribution in [2.24, 2.45) is 0 Å². The Kier molecular flexibility index (Phi) is 6.96. The second kappa shape index (κ2) is 10.2. The summed E-state index contributed by atoms with van der Waals surface area (Å²) in [5, 5.41) is 2.80. The van der Waals surface area contributed by atoms with Crippen molar-refractivity contribution < 1.29 is 9.53 Å². The number of thioether (sulfide) groups is 1. The third-order valence-electron chi connectivity index (χ3n) is 5.24. The summed E-state index contributed by atoms with van der Waals surface area (Å²) in [6, 6.07) is 24.9. The molecule has 0 atom stereocenters. The number of fused-ring (bicyclic) bond motifs is 3. The highest BCUT2D eigenvalue weighted by Crippen LogP contribution is 2.44. The van der Waals surface area contributed by atoms with Crippen molar-refractivity contribution in [3.05, 3.63) is 89.5 Å². The smallest absolute Gasteiger partial charge is 0.407 e. The molecule has 4 heteroatoms. The van der Waals surface area contributed by atoms with Crippen molar-refractivity contribution in [2.45, 2.75) is 24.2 Å². The van der Waals surface area contributed by atoms with Gasteiger partial charge in [0.15, 0.2) is 0 Å². The minimum Gasteiger partial charge on any atom is -0.449 e. The average Bonchev–Trinajstić information content (AvgIpc) is 3.12. The molecule has 0 saturated heterocycles. The van der Waals surface area contributed by atoms with Crippen LogP contribution in [0, 0.1) is 11.8 Å². The molecule has 3 aromatic carbocycles. The minimum atomic E-state index is -0.398. The Morgan fingerprint density at radius 1 is 1.00 bits per heavy atom. The van der Waals surface area contributed by atoms with E-state index < -0.39 is 6.09 Å². The van der Waals surface area contributed by atoms with E-state index in [1.165, 1.54) is 27.1 Å². The number of ether oxygens (including phenoxy) is 1. The monoisotopic (exact) mass is 427 g/mol. The van der Waals surface area contributed by atoms with Crippen molar-refractivity contribution in [1.29, 1.82) is 0 Å². The predicted molar refractivity (Wildman–Crippen MR) is 127 cm³/mol. The van der Waals surface area contributed by atoms with Gasteiger partial charge in [0.05, 0.1) is 0 Å². The molecule has 0 aromatic heterocycles. The Morgan fingerprint density at radius 3 is 2.42 bits per heavy atom. The van der Waals surface area contributed by atoms with Gasteiger partial charge in [0.25, 0.3) is 0 Å². The summed E-state index contributed by atoms with van der Waals surface area (Å²) in [5.41, 5.74) is 5.88. The maximum Gasteiger partial charge on any atom is 0.407 e. The number of carbonyl (C=O) groups is 1. The van der Waals surface area contributed by atoms with Crippen LogP contribution in [0.15, 0.2) is 77.7 Å². The van der Waals surface area contributed by atoms with Gasteiger partial charge in [0.1, 0.15) is 6.61 Å². The Morgan fingerprint density at radius 2 is 1.71 bits per heavy atom. The van der Waals surface area contributed by atoms with E-state index in [9.17, 15) is 4.79 Å². The van der Waals surface area contributed by atoms with Gasteiger partial charge >= 0.3 is 6.09 Å². The third-order valence-corrected chi connectivity index (χ3v) is 6.12. The molecule has 31 heavy (non-hydrogen) atoms. The number of carbonyl (C=O) groups excluding carboxylic acids is 1. The van der Waals surface area contributed by atoms with Crippen LogP contribution in [0.1, 0.15) is 36.0 Å². The van der Waals surface area contributed by atoms with Crippen molar-refractivity contribution in [3.63, 3.8) is 0 Å². The molecule has 0 spiro atoms. The summed E-state index contributed by atoms with van der Waals surface area (Å²) >= 11 is 1.80. The predicted octanol–water partition coefficient (Wildman–Crippen LogP) is 6.08. The fourth-order valence-electron chi connectivity index (χ4n) is 3.87. The summed E-state index contributed by atoms with van der Waals surface area (Å²) in [5.74, 6) is 7.40. The third kappa shape index (κ3) is 5.13. The van der Waals surface area contributed by atoms with Crippen LogP contribution >= 0.6 is 11.8 Å². The molecule has 1 N–H and O–H groups in total. The normalized spacial score (nSPS) is 11.8. The number of amides is 1. The van der Waals surface area contributed by atoms with Gasteiger partial charge in [-0.3, -0.25) is 0 Å². The van der Waals surface area contributed by atoms with Gasteiger partial charge in [-0.15, -0.1) is 11.8 Å². The molecular weight excluding hydrogens is 402 g/mol. The van der Waals surface area contributed by atoms with Crippen LogP contribution in [0.3, 0.4) is 0 Å². The largest absolute Gasteiger partial charge is 0.449 e. The van der Waals surface area contributed by atoms with Crippen LogP contribution in [-0.2, 0) is 4.74 Å². The molecule has 0 unspecified atom stereocenters. The van der Waals surface area contributed by atoms with Crippen LogP contribution in [0.5, 0.6) is 0 Å². The maximum atomic E-state index is 12.2. The van der Waals surface area contributed by atoms with Crippen molar-refractivity contribution in [2.75, 3.05) is 18.9 Å². The van der Waals surface area contributed by atoms with E-state index in [0.717, 1.165) is 11.3 Å². The van der Waals surface area contributed by atoms with Gasteiger partial charge < -0.3 is 10.1 Å². The Labute approximate surface area is 188 Å².